The van der Waals surface area contributed by atoms with Crippen molar-refractivity contribution < 1.29 is 4.74 Å². The van der Waals surface area contributed by atoms with Gasteiger partial charge in [0.05, 0.1) is 18.1 Å². The van der Waals surface area contributed by atoms with Crippen LogP contribution in [0.15, 0.2) is 35.0 Å². The molecule has 0 fully saturated rings. The zero-order valence-electron chi connectivity index (χ0n) is 10.6. The number of hydrogen-bond donors (Lipinski definition) is 1. The van der Waals surface area contributed by atoms with Gasteiger partial charge < -0.3 is 14.3 Å². The third-order valence-corrected chi connectivity index (χ3v) is 4.24. The van der Waals surface area contributed by atoms with Crippen LogP contribution < -0.4 is 4.74 Å². The second-order valence-corrected chi connectivity index (χ2v) is 5.51. The third kappa shape index (κ3) is 2.43. The first-order valence-corrected chi connectivity index (χ1v) is 7.40. The van der Waals surface area contributed by atoms with Gasteiger partial charge in [0, 0.05) is 12.6 Å². The van der Waals surface area contributed by atoms with Gasteiger partial charge in [-0.15, -0.1) is 0 Å². The lowest BCUT2D eigenvalue weighted by molar-refractivity contribution is 0.415. The Labute approximate surface area is 120 Å². The minimum absolute atomic E-state index is 0.762. The van der Waals surface area contributed by atoms with Gasteiger partial charge in [-0.05, 0) is 53.2 Å². The fourth-order valence-corrected chi connectivity index (χ4v) is 3.17. The zero-order chi connectivity index (χ0) is 13.2. The Hall–Kier alpha value is -1.59. The summed E-state index contributed by atoms with van der Waals surface area (Å²) in [6.07, 6.45) is 0.997. The molecule has 3 aromatic rings. The van der Waals surface area contributed by atoms with Gasteiger partial charge in [0.2, 0.25) is 0 Å². The molecule has 19 heavy (non-hydrogen) atoms. The van der Waals surface area contributed by atoms with E-state index in [2.05, 4.69) is 26.4 Å². The van der Waals surface area contributed by atoms with E-state index in [1.165, 1.54) is 5.56 Å². The van der Waals surface area contributed by atoms with E-state index in [1.54, 1.807) is 18.4 Å². The molecule has 0 atom stereocenters. The largest absolute Gasteiger partial charge is 0.497 e. The highest BCUT2D eigenvalue weighted by molar-refractivity contribution is 7.71. The van der Waals surface area contributed by atoms with Crippen LogP contribution in [0.25, 0.3) is 11.0 Å². The first kappa shape index (κ1) is 12.4. The summed E-state index contributed by atoms with van der Waals surface area (Å²) in [5.41, 5.74) is 3.51. The highest BCUT2D eigenvalue weighted by Gasteiger charge is 2.06. The van der Waals surface area contributed by atoms with Gasteiger partial charge in [-0.1, -0.05) is 0 Å². The summed E-state index contributed by atoms with van der Waals surface area (Å²) in [7, 11) is 1.67. The summed E-state index contributed by atoms with van der Waals surface area (Å²) in [4.78, 5) is 3.23. The van der Waals surface area contributed by atoms with Gasteiger partial charge >= 0.3 is 0 Å². The van der Waals surface area contributed by atoms with Gasteiger partial charge in [0.25, 0.3) is 0 Å². The number of H-pyrrole nitrogens is 1. The molecule has 5 heteroatoms. The van der Waals surface area contributed by atoms with E-state index in [0.717, 1.165) is 34.5 Å². The number of thiophene rings is 1. The standard InChI is InChI=1S/C14H14N2OS2/c1-17-11-2-3-13-12(8-11)15-14(18)16(13)6-4-10-5-7-19-9-10/h2-3,5,7-9H,4,6H2,1H3,(H,15,18). The molecular formula is C14H14N2OS2. The van der Waals surface area contributed by atoms with Crippen LogP contribution >= 0.6 is 23.6 Å². The fourth-order valence-electron chi connectivity index (χ4n) is 2.17. The molecule has 2 heterocycles. The van der Waals surface area contributed by atoms with Crippen molar-refractivity contribution in [1.29, 1.82) is 0 Å². The molecule has 0 spiro atoms. The van der Waals surface area contributed by atoms with E-state index in [9.17, 15) is 0 Å². The van der Waals surface area contributed by atoms with Crippen molar-refractivity contribution in [3.05, 3.63) is 45.4 Å². The summed E-state index contributed by atoms with van der Waals surface area (Å²) in [6.45, 7) is 0.891. The lowest BCUT2D eigenvalue weighted by Crippen LogP contribution is -2.00. The highest BCUT2D eigenvalue weighted by atomic mass is 32.1. The van der Waals surface area contributed by atoms with Crippen LogP contribution in [0.4, 0.5) is 0 Å². The Kier molecular flexibility index (Phi) is 3.40. The summed E-state index contributed by atoms with van der Waals surface area (Å²) in [6, 6.07) is 8.15. The number of ether oxygens (including phenoxy) is 1. The molecule has 0 unspecified atom stereocenters. The third-order valence-electron chi connectivity index (χ3n) is 3.19. The molecule has 0 amide bonds. The maximum absolute atomic E-state index is 5.40. The van der Waals surface area contributed by atoms with Gasteiger partial charge in [-0.3, -0.25) is 0 Å². The lowest BCUT2D eigenvalue weighted by Gasteiger charge is -2.04. The SMILES string of the molecule is COc1ccc2c(c1)[nH]c(=S)n2CCc1ccsc1. The number of aryl methyl sites for hydroxylation is 2. The normalized spacial score (nSPS) is 11.0. The molecule has 0 aliphatic carbocycles. The first-order chi connectivity index (χ1) is 9.28. The fraction of sp³-hybridized carbons (Fsp3) is 0.214. The van der Waals surface area contributed by atoms with Crippen molar-refractivity contribution in [2.75, 3.05) is 7.11 Å². The zero-order valence-corrected chi connectivity index (χ0v) is 12.2. The number of benzene rings is 1. The van der Waals surface area contributed by atoms with Crippen LogP contribution in [0.5, 0.6) is 5.75 Å². The predicted octanol–water partition coefficient (Wildman–Crippen LogP) is 4.01. The molecule has 0 bridgehead atoms. The van der Waals surface area contributed by atoms with Crippen molar-refractivity contribution >= 4 is 34.6 Å². The Morgan fingerprint density at radius 2 is 2.26 bits per heavy atom. The average molecular weight is 290 g/mol. The quantitative estimate of drug-likeness (QED) is 0.736. The topological polar surface area (TPSA) is 29.9 Å². The number of aromatic amines is 1. The van der Waals surface area contributed by atoms with Crippen molar-refractivity contribution in [2.45, 2.75) is 13.0 Å². The number of aromatic nitrogens is 2. The highest BCUT2D eigenvalue weighted by Crippen LogP contribution is 2.21. The Balaban J connectivity index is 1.94. The summed E-state index contributed by atoms with van der Waals surface area (Å²) in [5.74, 6) is 0.841. The maximum Gasteiger partial charge on any atom is 0.178 e. The summed E-state index contributed by atoms with van der Waals surface area (Å²) >= 11 is 7.13. The number of hydrogen-bond acceptors (Lipinski definition) is 3. The van der Waals surface area contributed by atoms with Gasteiger partial charge in [-0.25, -0.2) is 0 Å². The molecule has 98 valence electrons. The average Bonchev–Trinajstić information content (AvgIpc) is 3.02. The molecule has 0 aliphatic heterocycles. The molecule has 0 radical (unpaired) electrons. The Morgan fingerprint density at radius 3 is 3.00 bits per heavy atom. The summed E-state index contributed by atoms with van der Waals surface area (Å²) in [5, 5.41) is 4.29. The van der Waals surface area contributed by atoms with Crippen LogP contribution in [0.1, 0.15) is 5.56 Å². The number of nitrogens with zero attached hydrogens (tertiary/aromatic N) is 1. The summed E-state index contributed by atoms with van der Waals surface area (Å²) < 4.78 is 8.13. The maximum atomic E-state index is 5.40. The predicted molar refractivity (Wildman–Crippen MR) is 81.7 cm³/mol. The van der Waals surface area contributed by atoms with Crippen molar-refractivity contribution in [3.8, 4) is 5.75 Å². The van der Waals surface area contributed by atoms with E-state index in [4.69, 9.17) is 17.0 Å². The van der Waals surface area contributed by atoms with E-state index >= 15 is 0 Å². The number of nitrogens with one attached hydrogen (secondary N) is 1. The monoisotopic (exact) mass is 290 g/mol. The van der Waals surface area contributed by atoms with E-state index in [0.29, 0.717) is 0 Å². The van der Waals surface area contributed by atoms with Crippen LogP contribution in [0.2, 0.25) is 0 Å². The smallest absolute Gasteiger partial charge is 0.178 e. The van der Waals surface area contributed by atoms with E-state index in [-0.39, 0.29) is 0 Å². The van der Waals surface area contributed by atoms with E-state index in [1.807, 2.05) is 18.2 Å². The van der Waals surface area contributed by atoms with Crippen molar-refractivity contribution in [2.24, 2.45) is 0 Å². The van der Waals surface area contributed by atoms with Gasteiger partial charge in [0.15, 0.2) is 4.77 Å². The minimum atomic E-state index is 0.762. The van der Waals surface area contributed by atoms with Crippen LogP contribution in [-0.4, -0.2) is 16.7 Å². The second kappa shape index (κ2) is 5.19. The molecule has 1 N–H and O–H groups in total. The molecule has 3 rings (SSSR count). The Morgan fingerprint density at radius 1 is 1.37 bits per heavy atom. The molecule has 3 nitrogen and oxygen atoms in total. The number of rotatable bonds is 4. The first-order valence-electron chi connectivity index (χ1n) is 6.05. The number of fused-ring (bicyclic) bond motifs is 1. The van der Waals surface area contributed by atoms with Gasteiger partial charge in [-0.2, -0.15) is 11.3 Å². The number of methoxy groups -OCH3 is 1. The molecule has 0 saturated heterocycles. The van der Waals surface area contributed by atoms with Crippen LogP contribution in [0.3, 0.4) is 0 Å². The van der Waals surface area contributed by atoms with Crippen molar-refractivity contribution in [3.63, 3.8) is 0 Å². The number of imidazole rings is 1. The molecular weight excluding hydrogens is 276 g/mol. The van der Waals surface area contributed by atoms with E-state index < -0.39 is 0 Å². The molecule has 0 saturated carbocycles. The second-order valence-electron chi connectivity index (χ2n) is 4.35. The minimum Gasteiger partial charge on any atom is -0.497 e. The van der Waals surface area contributed by atoms with Crippen LogP contribution in [-0.2, 0) is 13.0 Å². The molecule has 1 aromatic carbocycles. The van der Waals surface area contributed by atoms with Crippen molar-refractivity contribution in [1.82, 2.24) is 9.55 Å². The lowest BCUT2D eigenvalue weighted by atomic mass is 10.2. The van der Waals surface area contributed by atoms with Crippen LogP contribution in [0, 0.1) is 4.77 Å². The molecule has 0 aliphatic rings. The molecule has 2 aromatic heterocycles. The van der Waals surface area contributed by atoms with Gasteiger partial charge in [0.1, 0.15) is 5.75 Å². The Bertz CT molecular complexity index is 740.